The van der Waals surface area contributed by atoms with Crippen molar-refractivity contribution in [3.8, 4) is 0 Å². The summed E-state index contributed by atoms with van der Waals surface area (Å²) < 4.78 is 15.0. The Morgan fingerprint density at radius 2 is 2.00 bits per heavy atom. The number of likely N-dealkylation sites (N-methyl/N-ethyl adjacent to an activating group) is 1. The summed E-state index contributed by atoms with van der Waals surface area (Å²) in [6, 6.07) is 10.9. The Hall–Kier alpha value is -0.900. The van der Waals surface area contributed by atoms with Gasteiger partial charge in [0.15, 0.2) is 0 Å². The molecule has 0 spiro atoms. The maximum absolute atomic E-state index is 14.0. The molecule has 1 N–H and O–H groups in total. The summed E-state index contributed by atoms with van der Waals surface area (Å²) in [6.45, 7) is 4.94. The van der Waals surface area contributed by atoms with E-state index in [9.17, 15) is 4.39 Å². The molecule has 1 unspecified atom stereocenters. The zero-order chi connectivity index (χ0) is 15.4. The van der Waals surface area contributed by atoms with E-state index in [2.05, 4.69) is 47.2 Å². The molecular formula is C17H18BrClFN. The van der Waals surface area contributed by atoms with Gasteiger partial charge in [-0.1, -0.05) is 40.5 Å². The second-order valence-electron chi connectivity index (χ2n) is 5.05. The maximum Gasteiger partial charge on any atom is 0.126 e. The lowest BCUT2D eigenvalue weighted by molar-refractivity contribution is 0.526. The third-order valence-corrected chi connectivity index (χ3v) is 4.22. The summed E-state index contributed by atoms with van der Waals surface area (Å²) in [7, 11) is 0. The number of aryl methyl sites for hydroxylation is 1. The first-order valence-corrected chi connectivity index (χ1v) is 8.11. The van der Waals surface area contributed by atoms with Gasteiger partial charge in [0.1, 0.15) is 5.82 Å². The Kier molecular flexibility index (Phi) is 5.80. The van der Waals surface area contributed by atoms with Crippen molar-refractivity contribution >= 4 is 27.5 Å². The van der Waals surface area contributed by atoms with Gasteiger partial charge in [0.05, 0.1) is 0 Å². The van der Waals surface area contributed by atoms with Crippen molar-refractivity contribution in [2.24, 2.45) is 0 Å². The van der Waals surface area contributed by atoms with Crippen LogP contribution in [0.15, 0.2) is 40.9 Å². The number of benzene rings is 2. The van der Waals surface area contributed by atoms with Crippen LogP contribution in [-0.2, 0) is 6.42 Å². The van der Waals surface area contributed by atoms with Crippen LogP contribution < -0.4 is 5.32 Å². The summed E-state index contributed by atoms with van der Waals surface area (Å²) in [5.74, 6) is -0.211. The summed E-state index contributed by atoms with van der Waals surface area (Å²) in [5, 5.41) is 3.99. The van der Waals surface area contributed by atoms with Crippen molar-refractivity contribution in [2.45, 2.75) is 26.3 Å². The van der Waals surface area contributed by atoms with E-state index in [1.165, 1.54) is 17.2 Å². The molecule has 0 aromatic heterocycles. The highest BCUT2D eigenvalue weighted by Gasteiger charge is 2.16. The third kappa shape index (κ3) is 4.29. The third-order valence-electron chi connectivity index (χ3n) is 3.49. The fourth-order valence-corrected chi connectivity index (χ4v) is 3.16. The minimum atomic E-state index is -0.211. The molecular weight excluding hydrogens is 353 g/mol. The molecule has 0 aliphatic heterocycles. The first-order chi connectivity index (χ1) is 10.0. The molecule has 21 heavy (non-hydrogen) atoms. The summed E-state index contributed by atoms with van der Waals surface area (Å²) in [6.07, 6.45) is 0.572. The Labute approximate surface area is 138 Å². The maximum atomic E-state index is 14.0. The van der Waals surface area contributed by atoms with E-state index in [1.807, 2.05) is 6.07 Å². The van der Waals surface area contributed by atoms with E-state index in [4.69, 9.17) is 11.6 Å². The molecule has 0 saturated carbocycles. The zero-order valence-electron chi connectivity index (χ0n) is 12.1. The van der Waals surface area contributed by atoms with Gasteiger partial charge in [-0.2, -0.15) is 0 Å². The SMILES string of the molecule is CCNC(Cc1cc(Cl)ccc1F)c1ccc(Br)cc1C. The fourth-order valence-electron chi connectivity index (χ4n) is 2.49. The van der Waals surface area contributed by atoms with Gasteiger partial charge >= 0.3 is 0 Å². The molecule has 0 amide bonds. The average molecular weight is 371 g/mol. The van der Waals surface area contributed by atoms with Crippen LogP contribution in [-0.4, -0.2) is 6.54 Å². The van der Waals surface area contributed by atoms with E-state index < -0.39 is 0 Å². The first kappa shape index (κ1) is 16.5. The second-order valence-corrected chi connectivity index (χ2v) is 6.40. The molecule has 0 bridgehead atoms. The minimum Gasteiger partial charge on any atom is -0.310 e. The van der Waals surface area contributed by atoms with Crippen molar-refractivity contribution in [1.29, 1.82) is 0 Å². The highest BCUT2D eigenvalue weighted by atomic mass is 79.9. The molecule has 2 rings (SSSR count). The van der Waals surface area contributed by atoms with Gasteiger partial charge < -0.3 is 5.32 Å². The van der Waals surface area contributed by atoms with Crippen molar-refractivity contribution in [3.05, 3.63) is 68.4 Å². The van der Waals surface area contributed by atoms with Crippen molar-refractivity contribution in [3.63, 3.8) is 0 Å². The quantitative estimate of drug-likeness (QED) is 0.738. The van der Waals surface area contributed by atoms with E-state index in [-0.39, 0.29) is 11.9 Å². The van der Waals surface area contributed by atoms with E-state index in [0.717, 1.165) is 11.0 Å². The monoisotopic (exact) mass is 369 g/mol. The van der Waals surface area contributed by atoms with Crippen LogP contribution in [0.1, 0.15) is 29.7 Å². The first-order valence-electron chi connectivity index (χ1n) is 6.94. The molecule has 1 atom stereocenters. The number of hydrogen-bond donors (Lipinski definition) is 1. The highest BCUT2D eigenvalue weighted by Crippen LogP contribution is 2.26. The standard InChI is InChI=1S/C17H18BrClFN/c1-3-21-17(15-6-4-13(18)8-11(15)2)10-12-9-14(19)5-7-16(12)20/h4-9,17,21H,3,10H2,1-2H3. The van der Waals surface area contributed by atoms with E-state index in [1.54, 1.807) is 12.1 Å². The number of hydrogen-bond acceptors (Lipinski definition) is 1. The predicted octanol–water partition coefficient (Wildman–Crippen LogP) is 5.44. The van der Waals surface area contributed by atoms with Crippen molar-refractivity contribution in [2.75, 3.05) is 6.54 Å². The summed E-state index contributed by atoms with van der Waals surface area (Å²) in [4.78, 5) is 0. The topological polar surface area (TPSA) is 12.0 Å². The summed E-state index contributed by atoms with van der Waals surface area (Å²) >= 11 is 9.46. The van der Waals surface area contributed by atoms with Crippen molar-refractivity contribution < 1.29 is 4.39 Å². The molecule has 0 radical (unpaired) electrons. The van der Waals surface area contributed by atoms with Crippen LogP contribution in [0.25, 0.3) is 0 Å². The van der Waals surface area contributed by atoms with Crippen LogP contribution in [0.2, 0.25) is 5.02 Å². The molecule has 4 heteroatoms. The molecule has 0 aliphatic carbocycles. The molecule has 1 nitrogen and oxygen atoms in total. The van der Waals surface area contributed by atoms with E-state index in [0.29, 0.717) is 17.0 Å². The number of nitrogens with one attached hydrogen (secondary N) is 1. The largest absolute Gasteiger partial charge is 0.310 e. The molecule has 0 fully saturated rings. The Morgan fingerprint density at radius 1 is 1.24 bits per heavy atom. The van der Waals surface area contributed by atoms with Crippen LogP contribution >= 0.6 is 27.5 Å². The van der Waals surface area contributed by atoms with Crippen molar-refractivity contribution in [1.82, 2.24) is 5.32 Å². The molecule has 0 aliphatic rings. The lowest BCUT2D eigenvalue weighted by Crippen LogP contribution is -2.24. The molecule has 0 saturated heterocycles. The Bertz CT molecular complexity index is 630. The molecule has 2 aromatic rings. The number of halogens is 3. The van der Waals surface area contributed by atoms with E-state index >= 15 is 0 Å². The van der Waals surface area contributed by atoms with Gasteiger partial charge in [0.2, 0.25) is 0 Å². The minimum absolute atomic E-state index is 0.0658. The Morgan fingerprint density at radius 3 is 2.67 bits per heavy atom. The molecule has 0 heterocycles. The Balaban J connectivity index is 2.32. The van der Waals surface area contributed by atoms with Crippen LogP contribution in [0.3, 0.4) is 0 Å². The van der Waals surface area contributed by atoms with Gasteiger partial charge in [-0.3, -0.25) is 0 Å². The molecule has 2 aromatic carbocycles. The summed E-state index contributed by atoms with van der Waals surface area (Å²) in [5.41, 5.74) is 2.99. The molecule has 112 valence electrons. The van der Waals surface area contributed by atoms with Crippen LogP contribution in [0.4, 0.5) is 4.39 Å². The van der Waals surface area contributed by atoms with Crippen LogP contribution in [0, 0.1) is 12.7 Å². The second kappa shape index (κ2) is 7.39. The lowest BCUT2D eigenvalue weighted by Gasteiger charge is -2.21. The fraction of sp³-hybridized carbons (Fsp3) is 0.294. The van der Waals surface area contributed by atoms with Gasteiger partial charge in [-0.25, -0.2) is 4.39 Å². The van der Waals surface area contributed by atoms with Gasteiger partial charge in [0.25, 0.3) is 0 Å². The van der Waals surface area contributed by atoms with Gasteiger partial charge in [0, 0.05) is 15.5 Å². The average Bonchev–Trinajstić information content (AvgIpc) is 2.42. The zero-order valence-corrected chi connectivity index (χ0v) is 14.4. The normalized spacial score (nSPS) is 12.4. The lowest BCUT2D eigenvalue weighted by atomic mass is 9.95. The van der Waals surface area contributed by atoms with Gasteiger partial charge in [-0.15, -0.1) is 0 Å². The van der Waals surface area contributed by atoms with Gasteiger partial charge in [-0.05, 0) is 66.9 Å². The van der Waals surface area contributed by atoms with Crippen LogP contribution in [0.5, 0.6) is 0 Å². The predicted molar refractivity (Wildman–Crippen MR) is 90.4 cm³/mol. The smallest absolute Gasteiger partial charge is 0.126 e. The highest BCUT2D eigenvalue weighted by molar-refractivity contribution is 9.10. The number of rotatable bonds is 5.